The molecule has 1 N–H and O–H groups in total. The third-order valence-electron chi connectivity index (χ3n) is 3.80. The zero-order chi connectivity index (χ0) is 14.4. The monoisotopic (exact) mass is 274 g/mol. The van der Waals surface area contributed by atoms with E-state index < -0.39 is 0 Å². The maximum Gasteiger partial charge on any atom is 0.125 e. The van der Waals surface area contributed by atoms with Gasteiger partial charge in [-0.1, -0.05) is 25.1 Å². The van der Waals surface area contributed by atoms with Crippen LogP contribution < -0.4 is 15.0 Å². The van der Waals surface area contributed by atoms with Crippen molar-refractivity contribution in [3.8, 4) is 5.75 Å². The molecular weight excluding hydrogens is 248 g/mol. The summed E-state index contributed by atoms with van der Waals surface area (Å²) in [4.78, 5) is 2.43. The van der Waals surface area contributed by atoms with E-state index in [4.69, 9.17) is 4.74 Å². The van der Waals surface area contributed by atoms with E-state index >= 15 is 0 Å². The van der Waals surface area contributed by atoms with E-state index in [2.05, 4.69) is 54.4 Å². The van der Waals surface area contributed by atoms with Gasteiger partial charge in [0.2, 0.25) is 0 Å². The molecule has 1 aromatic rings. The highest BCUT2D eigenvalue weighted by molar-refractivity contribution is 5.61. The largest absolute Gasteiger partial charge is 0.496 e. The van der Waals surface area contributed by atoms with Crippen LogP contribution in [0.15, 0.2) is 30.4 Å². The first-order valence-electron chi connectivity index (χ1n) is 7.58. The summed E-state index contributed by atoms with van der Waals surface area (Å²) >= 11 is 0. The van der Waals surface area contributed by atoms with Crippen molar-refractivity contribution in [2.24, 2.45) is 0 Å². The standard InChI is InChI=1S/C17H26N2O/c1-4-11-18-14(2)17-15(9-8-10-16(17)20-3)19-12-6-5-7-13-19/h5-6,8-10,14,18H,4,7,11-13H2,1-3H3. The Morgan fingerprint density at radius 3 is 2.85 bits per heavy atom. The molecule has 0 saturated carbocycles. The number of benzene rings is 1. The van der Waals surface area contributed by atoms with Gasteiger partial charge in [-0.25, -0.2) is 0 Å². The molecule has 3 heteroatoms. The van der Waals surface area contributed by atoms with Gasteiger partial charge in [0.05, 0.1) is 7.11 Å². The molecule has 1 unspecified atom stereocenters. The van der Waals surface area contributed by atoms with Crippen molar-refractivity contribution < 1.29 is 4.74 Å². The summed E-state index contributed by atoms with van der Waals surface area (Å²) in [5.74, 6) is 0.980. The minimum atomic E-state index is 0.298. The lowest BCUT2D eigenvalue weighted by molar-refractivity contribution is 0.401. The van der Waals surface area contributed by atoms with Gasteiger partial charge < -0.3 is 15.0 Å². The number of methoxy groups -OCH3 is 1. The van der Waals surface area contributed by atoms with Crippen LogP contribution in [0.1, 0.15) is 38.3 Å². The molecule has 0 spiro atoms. The smallest absolute Gasteiger partial charge is 0.125 e. The molecule has 0 fully saturated rings. The minimum Gasteiger partial charge on any atom is -0.496 e. The molecule has 3 nitrogen and oxygen atoms in total. The van der Waals surface area contributed by atoms with E-state index in [0.717, 1.165) is 38.2 Å². The van der Waals surface area contributed by atoms with Crippen LogP contribution in [-0.4, -0.2) is 26.7 Å². The van der Waals surface area contributed by atoms with Gasteiger partial charge in [0.15, 0.2) is 0 Å². The second-order valence-corrected chi connectivity index (χ2v) is 5.27. The number of ether oxygens (including phenoxy) is 1. The molecule has 0 amide bonds. The summed E-state index contributed by atoms with van der Waals surface area (Å²) in [5.41, 5.74) is 2.57. The average Bonchev–Trinajstić information content (AvgIpc) is 2.52. The van der Waals surface area contributed by atoms with Crippen LogP contribution >= 0.6 is 0 Å². The Hall–Kier alpha value is -1.48. The highest BCUT2D eigenvalue weighted by Crippen LogP contribution is 2.35. The highest BCUT2D eigenvalue weighted by atomic mass is 16.5. The molecule has 0 radical (unpaired) electrons. The lowest BCUT2D eigenvalue weighted by atomic mass is 10.0. The fourth-order valence-corrected chi connectivity index (χ4v) is 2.74. The molecule has 0 aliphatic carbocycles. The van der Waals surface area contributed by atoms with Crippen molar-refractivity contribution in [2.75, 3.05) is 31.6 Å². The fraction of sp³-hybridized carbons (Fsp3) is 0.529. The Balaban J connectivity index is 2.32. The molecule has 2 rings (SSSR count). The van der Waals surface area contributed by atoms with Crippen molar-refractivity contribution in [3.05, 3.63) is 35.9 Å². The maximum absolute atomic E-state index is 5.59. The summed E-state index contributed by atoms with van der Waals surface area (Å²) in [6.07, 6.45) is 6.76. The molecule has 1 heterocycles. The second-order valence-electron chi connectivity index (χ2n) is 5.27. The number of rotatable bonds is 6. The van der Waals surface area contributed by atoms with E-state index in [1.54, 1.807) is 7.11 Å². The van der Waals surface area contributed by atoms with Crippen LogP contribution in [0.2, 0.25) is 0 Å². The molecule has 20 heavy (non-hydrogen) atoms. The van der Waals surface area contributed by atoms with Crippen LogP contribution in [0.5, 0.6) is 5.75 Å². The second kappa shape index (κ2) is 7.34. The van der Waals surface area contributed by atoms with E-state index in [-0.39, 0.29) is 0 Å². The quantitative estimate of drug-likeness (QED) is 0.803. The van der Waals surface area contributed by atoms with Crippen LogP contribution in [0.25, 0.3) is 0 Å². The highest BCUT2D eigenvalue weighted by Gasteiger charge is 2.19. The molecule has 1 aliphatic rings. The lowest BCUT2D eigenvalue weighted by Gasteiger charge is -2.30. The lowest BCUT2D eigenvalue weighted by Crippen LogP contribution is -2.30. The van der Waals surface area contributed by atoms with Gasteiger partial charge in [0, 0.05) is 30.4 Å². The number of hydrogen-bond acceptors (Lipinski definition) is 3. The van der Waals surface area contributed by atoms with Crippen molar-refractivity contribution in [3.63, 3.8) is 0 Å². The Kier molecular flexibility index (Phi) is 5.48. The SMILES string of the molecule is CCCNC(C)c1c(OC)cccc1N1CC=CCC1. The topological polar surface area (TPSA) is 24.5 Å². The average molecular weight is 274 g/mol. The third-order valence-corrected chi connectivity index (χ3v) is 3.80. The van der Waals surface area contributed by atoms with Crippen molar-refractivity contribution in [1.29, 1.82) is 0 Å². The van der Waals surface area contributed by atoms with E-state index in [1.807, 2.05) is 0 Å². The Morgan fingerprint density at radius 2 is 2.20 bits per heavy atom. The predicted octanol–water partition coefficient (Wildman–Crippen LogP) is 3.52. The van der Waals surface area contributed by atoms with Gasteiger partial charge in [-0.2, -0.15) is 0 Å². The van der Waals surface area contributed by atoms with Crippen LogP contribution in [0.3, 0.4) is 0 Å². The first kappa shape index (κ1) is 14.9. The van der Waals surface area contributed by atoms with E-state index in [9.17, 15) is 0 Å². The molecule has 0 bridgehead atoms. The van der Waals surface area contributed by atoms with Crippen molar-refractivity contribution in [2.45, 2.75) is 32.7 Å². The Labute approximate surface area is 122 Å². The third kappa shape index (κ3) is 3.34. The van der Waals surface area contributed by atoms with Crippen molar-refractivity contribution >= 4 is 5.69 Å². The van der Waals surface area contributed by atoms with Crippen LogP contribution in [0.4, 0.5) is 5.69 Å². The Bertz CT molecular complexity index is 456. The fourth-order valence-electron chi connectivity index (χ4n) is 2.74. The molecule has 1 atom stereocenters. The van der Waals surface area contributed by atoms with E-state index in [0.29, 0.717) is 6.04 Å². The van der Waals surface area contributed by atoms with Gasteiger partial charge in [0.1, 0.15) is 5.75 Å². The summed E-state index contributed by atoms with van der Waals surface area (Å²) in [6.45, 7) is 7.51. The number of anilines is 1. The van der Waals surface area contributed by atoms with Crippen LogP contribution in [-0.2, 0) is 0 Å². The number of nitrogens with zero attached hydrogens (tertiary/aromatic N) is 1. The normalized spacial score (nSPS) is 16.2. The molecule has 0 aromatic heterocycles. The predicted molar refractivity (Wildman–Crippen MR) is 85.7 cm³/mol. The van der Waals surface area contributed by atoms with Crippen LogP contribution in [0, 0.1) is 0 Å². The van der Waals surface area contributed by atoms with Crippen molar-refractivity contribution in [1.82, 2.24) is 5.32 Å². The zero-order valence-corrected chi connectivity index (χ0v) is 12.9. The summed E-state index contributed by atoms with van der Waals surface area (Å²) in [6, 6.07) is 6.65. The summed E-state index contributed by atoms with van der Waals surface area (Å²) in [7, 11) is 1.76. The van der Waals surface area contributed by atoms with Gasteiger partial charge >= 0.3 is 0 Å². The molecule has 0 saturated heterocycles. The van der Waals surface area contributed by atoms with Gasteiger partial charge in [-0.05, 0) is 38.4 Å². The molecule has 1 aliphatic heterocycles. The van der Waals surface area contributed by atoms with E-state index in [1.165, 1.54) is 11.3 Å². The minimum absolute atomic E-state index is 0.298. The summed E-state index contributed by atoms with van der Waals surface area (Å²) in [5, 5.41) is 3.58. The first-order chi connectivity index (χ1) is 9.77. The maximum atomic E-state index is 5.59. The van der Waals surface area contributed by atoms with Gasteiger partial charge in [-0.15, -0.1) is 0 Å². The molecule has 1 aromatic carbocycles. The first-order valence-corrected chi connectivity index (χ1v) is 7.58. The zero-order valence-electron chi connectivity index (χ0n) is 12.9. The molecular formula is C17H26N2O. The number of nitrogens with one attached hydrogen (secondary N) is 1. The van der Waals surface area contributed by atoms with Gasteiger partial charge in [0.25, 0.3) is 0 Å². The summed E-state index contributed by atoms with van der Waals surface area (Å²) < 4.78 is 5.59. The Morgan fingerprint density at radius 1 is 1.35 bits per heavy atom. The number of hydrogen-bond donors (Lipinski definition) is 1. The molecule has 110 valence electrons. The van der Waals surface area contributed by atoms with Gasteiger partial charge in [-0.3, -0.25) is 0 Å².